The number of benzene rings is 3. The van der Waals surface area contributed by atoms with Gasteiger partial charge in [-0.2, -0.15) is 5.26 Å². The summed E-state index contributed by atoms with van der Waals surface area (Å²) in [5.41, 5.74) is 9.34. The van der Waals surface area contributed by atoms with Gasteiger partial charge in [-0.15, -0.1) is 0 Å². The highest BCUT2D eigenvalue weighted by atomic mass is 35.5. The molecule has 0 aliphatic carbocycles. The summed E-state index contributed by atoms with van der Waals surface area (Å²) in [5.74, 6) is 1.05. The Morgan fingerprint density at radius 3 is 2.21 bits per heavy atom. The predicted molar refractivity (Wildman–Crippen MR) is 144 cm³/mol. The Bertz CT molecular complexity index is 1460. The SMILES string of the molecule is COc1cc(C2C(C#N)=C(N)Oc3cc(OC(=O)COc4cc(C)c(Cl)c(C)c4)ccc32)cc(OC)c1OC. The molecule has 1 aliphatic rings. The summed E-state index contributed by atoms with van der Waals surface area (Å²) in [4.78, 5) is 12.5. The van der Waals surface area contributed by atoms with E-state index in [4.69, 9.17) is 45.8 Å². The van der Waals surface area contributed by atoms with E-state index in [1.807, 2.05) is 13.8 Å². The first-order valence-corrected chi connectivity index (χ1v) is 12.2. The van der Waals surface area contributed by atoms with Crippen molar-refractivity contribution in [2.75, 3.05) is 27.9 Å². The second kappa shape index (κ2) is 11.5. The highest BCUT2D eigenvalue weighted by Gasteiger charge is 2.32. The second-order valence-electron chi connectivity index (χ2n) is 8.72. The number of fused-ring (bicyclic) bond motifs is 1. The number of carbonyl (C=O) groups is 1. The Labute approximate surface area is 231 Å². The van der Waals surface area contributed by atoms with Crippen molar-refractivity contribution in [1.82, 2.24) is 0 Å². The lowest BCUT2D eigenvalue weighted by molar-refractivity contribution is -0.136. The molecule has 0 fully saturated rings. The lowest BCUT2D eigenvalue weighted by Crippen LogP contribution is -2.22. The van der Waals surface area contributed by atoms with Gasteiger partial charge in [-0.3, -0.25) is 0 Å². The van der Waals surface area contributed by atoms with E-state index >= 15 is 0 Å². The molecule has 3 aromatic rings. The number of nitrogens with two attached hydrogens (primary N) is 1. The summed E-state index contributed by atoms with van der Waals surface area (Å²) in [5, 5.41) is 10.6. The summed E-state index contributed by atoms with van der Waals surface area (Å²) in [6.45, 7) is 3.40. The van der Waals surface area contributed by atoms with Crippen LogP contribution in [0.25, 0.3) is 0 Å². The fraction of sp³-hybridized carbons (Fsp3) is 0.241. The number of carbonyl (C=O) groups excluding carboxylic acids is 1. The lowest BCUT2D eigenvalue weighted by atomic mass is 9.83. The molecule has 1 unspecified atom stereocenters. The molecule has 3 aromatic carbocycles. The summed E-state index contributed by atoms with van der Waals surface area (Å²) in [6, 6.07) is 14.0. The van der Waals surface area contributed by atoms with Crippen LogP contribution in [0.2, 0.25) is 5.02 Å². The van der Waals surface area contributed by atoms with Gasteiger partial charge in [0, 0.05) is 16.7 Å². The summed E-state index contributed by atoms with van der Waals surface area (Å²) >= 11 is 6.19. The van der Waals surface area contributed by atoms with Gasteiger partial charge in [-0.1, -0.05) is 17.7 Å². The number of nitriles is 1. The fourth-order valence-electron chi connectivity index (χ4n) is 4.40. The zero-order valence-corrected chi connectivity index (χ0v) is 22.8. The van der Waals surface area contributed by atoms with Crippen molar-refractivity contribution in [3.63, 3.8) is 0 Å². The third kappa shape index (κ3) is 5.52. The molecule has 0 bridgehead atoms. The van der Waals surface area contributed by atoms with E-state index in [1.54, 1.807) is 36.4 Å². The number of allylic oxidation sites excluding steroid dienone is 1. The van der Waals surface area contributed by atoms with Crippen molar-refractivity contribution >= 4 is 17.6 Å². The smallest absolute Gasteiger partial charge is 0.349 e. The predicted octanol–water partition coefficient (Wildman–Crippen LogP) is 5.19. The van der Waals surface area contributed by atoms with Crippen LogP contribution < -0.4 is 34.2 Å². The number of hydrogen-bond donors (Lipinski definition) is 1. The van der Waals surface area contributed by atoms with Gasteiger partial charge in [0.05, 0.1) is 27.2 Å². The highest BCUT2D eigenvalue weighted by molar-refractivity contribution is 6.32. The molecule has 1 atom stereocenters. The fourth-order valence-corrected chi connectivity index (χ4v) is 4.51. The summed E-state index contributed by atoms with van der Waals surface area (Å²) < 4.78 is 33.2. The van der Waals surface area contributed by atoms with Crippen LogP contribution in [-0.2, 0) is 4.79 Å². The molecule has 9 nitrogen and oxygen atoms in total. The highest BCUT2D eigenvalue weighted by Crippen LogP contribution is 2.47. The van der Waals surface area contributed by atoms with Crippen LogP contribution in [0.3, 0.4) is 0 Å². The van der Waals surface area contributed by atoms with Gasteiger partial charge in [-0.05, 0) is 60.9 Å². The van der Waals surface area contributed by atoms with Crippen molar-refractivity contribution < 1.29 is 33.2 Å². The average molecular weight is 551 g/mol. The van der Waals surface area contributed by atoms with Crippen molar-refractivity contribution in [2.24, 2.45) is 5.73 Å². The average Bonchev–Trinajstić information content (AvgIpc) is 2.92. The van der Waals surface area contributed by atoms with Crippen molar-refractivity contribution in [3.05, 3.63) is 81.2 Å². The lowest BCUT2D eigenvalue weighted by Gasteiger charge is -2.27. The molecule has 202 valence electrons. The Morgan fingerprint density at radius 2 is 1.64 bits per heavy atom. The minimum absolute atomic E-state index is 0.0657. The third-order valence-corrected chi connectivity index (χ3v) is 6.81. The van der Waals surface area contributed by atoms with E-state index in [1.165, 1.54) is 27.4 Å². The van der Waals surface area contributed by atoms with E-state index in [9.17, 15) is 10.1 Å². The van der Waals surface area contributed by atoms with Gasteiger partial charge >= 0.3 is 5.97 Å². The Hall–Kier alpha value is -4.55. The number of ether oxygens (including phenoxy) is 6. The number of nitrogens with zero attached hydrogens (tertiary/aromatic N) is 1. The number of methoxy groups -OCH3 is 3. The van der Waals surface area contributed by atoms with Gasteiger partial charge in [0.2, 0.25) is 11.6 Å². The van der Waals surface area contributed by atoms with Crippen LogP contribution in [0, 0.1) is 25.2 Å². The van der Waals surface area contributed by atoms with Gasteiger partial charge in [0.15, 0.2) is 18.1 Å². The summed E-state index contributed by atoms with van der Waals surface area (Å²) in [7, 11) is 4.52. The molecular formula is C29H27ClN2O7. The zero-order valence-electron chi connectivity index (χ0n) is 22.1. The molecule has 4 rings (SSSR count). The monoisotopic (exact) mass is 550 g/mol. The zero-order chi connectivity index (χ0) is 28.3. The van der Waals surface area contributed by atoms with Crippen LogP contribution in [0.5, 0.6) is 34.5 Å². The maximum atomic E-state index is 12.5. The van der Waals surface area contributed by atoms with Crippen LogP contribution >= 0.6 is 11.6 Å². The molecule has 0 radical (unpaired) electrons. The minimum atomic E-state index is -0.613. The van der Waals surface area contributed by atoms with Gasteiger partial charge in [-0.25, -0.2) is 4.79 Å². The van der Waals surface area contributed by atoms with Gasteiger partial charge in [0.25, 0.3) is 0 Å². The third-order valence-electron chi connectivity index (χ3n) is 6.21. The number of hydrogen-bond acceptors (Lipinski definition) is 9. The van der Waals surface area contributed by atoms with E-state index in [-0.39, 0.29) is 23.8 Å². The van der Waals surface area contributed by atoms with Crippen LogP contribution in [0.15, 0.2) is 53.9 Å². The first kappa shape index (κ1) is 27.5. The maximum Gasteiger partial charge on any atom is 0.349 e. The molecule has 0 saturated heterocycles. The number of rotatable bonds is 8. The van der Waals surface area contributed by atoms with E-state index in [0.29, 0.717) is 44.9 Å². The largest absolute Gasteiger partial charge is 0.493 e. The van der Waals surface area contributed by atoms with E-state index < -0.39 is 11.9 Å². The molecule has 39 heavy (non-hydrogen) atoms. The summed E-state index contributed by atoms with van der Waals surface area (Å²) in [6.07, 6.45) is 0. The molecule has 1 aliphatic heterocycles. The molecule has 0 saturated carbocycles. The van der Waals surface area contributed by atoms with E-state index in [0.717, 1.165) is 11.1 Å². The molecule has 2 N–H and O–H groups in total. The van der Waals surface area contributed by atoms with Crippen LogP contribution in [-0.4, -0.2) is 33.9 Å². The van der Waals surface area contributed by atoms with E-state index in [2.05, 4.69) is 6.07 Å². The van der Waals surface area contributed by atoms with Gasteiger partial charge < -0.3 is 34.2 Å². The Balaban J connectivity index is 1.61. The second-order valence-corrected chi connectivity index (χ2v) is 9.09. The standard InChI is InChI=1S/C29H27ClN2O7/c1-15-8-19(9-16(2)27(15)30)37-14-25(33)38-18-6-7-20-22(12-18)39-29(32)21(13-31)26(20)17-10-23(34-3)28(36-5)24(11-17)35-4/h6-12,26H,14,32H2,1-5H3. The normalized spacial score (nSPS) is 14.0. The Morgan fingerprint density at radius 1 is 1.00 bits per heavy atom. The first-order chi connectivity index (χ1) is 18.7. The molecule has 0 spiro atoms. The molecule has 10 heteroatoms. The van der Waals surface area contributed by atoms with Crippen molar-refractivity contribution in [3.8, 4) is 40.6 Å². The first-order valence-electron chi connectivity index (χ1n) is 11.8. The molecule has 1 heterocycles. The molecule has 0 aromatic heterocycles. The topological polar surface area (TPSA) is 122 Å². The van der Waals surface area contributed by atoms with Crippen molar-refractivity contribution in [1.29, 1.82) is 5.26 Å². The number of aryl methyl sites for hydroxylation is 2. The number of halogens is 1. The maximum absolute atomic E-state index is 12.5. The minimum Gasteiger partial charge on any atom is -0.493 e. The quantitative estimate of drug-likeness (QED) is 0.298. The van der Waals surface area contributed by atoms with Crippen molar-refractivity contribution in [2.45, 2.75) is 19.8 Å². The van der Waals surface area contributed by atoms with Gasteiger partial charge in [0.1, 0.15) is 28.9 Å². The van der Waals surface area contributed by atoms with Crippen LogP contribution in [0.1, 0.15) is 28.2 Å². The van der Waals surface area contributed by atoms with Crippen LogP contribution in [0.4, 0.5) is 0 Å². The number of esters is 1. The Kier molecular flexibility index (Phi) is 8.07. The molecule has 0 amide bonds. The molecular weight excluding hydrogens is 524 g/mol.